The number of rotatable bonds is 6. The predicted molar refractivity (Wildman–Crippen MR) is 55.2 cm³/mol. The van der Waals surface area contributed by atoms with E-state index in [0.29, 0.717) is 0 Å². The summed E-state index contributed by atoms with van der Waals surface area (Å²) < 4.78 is 5.17. The summed E-state index contributed by atoms with van der Waals surface area (Å²) in [5.41, 5.74) is 0. The van der Waals surface area contributed by atoms with Gasteiger partial charge in [-0.3, -0.25) is 0 Å². The highest BCUT2D eigenvalue weighted by molar-refractivity contribution is 4.92. The minimum atomic E-state index is 0.730. The Labute approximate surface area is 89.4 Å². The Kier molecular flexibility index (Phi) is 2.44. The minimum absolute atomic E-state index is 0.730. The fraction of sp³-hybridized carbons (Fsp3) is 0.818. The molecule has 2 saturated carbocycles. The molecule has 0 saturated heterocycles. The van der Waals surface area contributed by atoms with Gasteiger partial charge < -0.3 is 9.84 Å². The van der Waals surface area contributed by atoms with Crippen LogP contribution >= 0.6 is 0 Å². The largest absolute Gasteiger partial charge is 0.338 e. The Morgan fingerprint density at radius 3 is 2.73 bits per heavy atom. The fourth-order valence-electron chi connectivity index (χ4n) is 1.73. The molecule has 3 rings (SSSR count). The van der Waals surface area contributed by atoms with Crippen LogP contribution in [0.5, 0.6) is 0 Å². The van der Waals surface area contributed by atoms with Crippen LogP contribution in [0.25, 0.3) is 0 Å². The van der Waals surface area contributed by atoms with E-state index < -0.39 is 0 Å². The van der Waals surface area contributed by atoms with Crippen LogP contribution in [-0.4, -0.2) is 16.7 Å². The van der Waals surface area contributed by atoms with Crippen molar-refractivity contribution in [3.05, 3.63) is 11.7 Å². The summed E-state index contributed by atoms with van der Waals surface area (Å²) in [5, 5.41) is 7.33. The van der Waals surface area contributed by atoms with Crippen molar-refractivity contribution in [2.45, 2.75) is 38.6 Å². The lowest BCUT2D eigenvalue weighted by atomic mass is 10.3. The van der Waals surface area contributed by atoms with E-state index in [1.807, 2.05) is 0 Å². The van der Waals surface area contributed by atoms with Gasteiger partial charge in [-0.25, -0.2) is 0 Å². The van der Waals surface area contributed by atoms with Crippen LogP contribution in [-0.2, 0) is 13.0 Å². The number of aromatic nitrogens is 2. The summed E-state index contributed by atoms with van der Waals surface area (Å²) in [5.74, 6) is 3.36. The quantitative estimate of drug-likeness (QED) is 0.768. The molecule has 0 radical (unpaired) electrons. The molecule has 0 bridgehead atoms. The van der Waals surface area contributed by atoms with Gasteiger partial charge in [0.15, 0.2) is 5.82 Å². The summed E-state index contributed by atoms with van der Waals surface area (Å²) in [6, 6.07) is 0. The molecule has 0 aliphatic heterocycles. The second-order valence-corrected chi connectivity index (χ2v) is 4.83. The van der Waals surface area contributed by atoms with Gasteiger partial charge in [0.2, 0.25) is 5.89 Å². The molecule has 1 aromatic rings. The molecular formula is C11H17N3O. The number of hydrogen-bond acceptors (Lipinski definition) is 4. The Balaban J connectivity index is 1.44. The van der Waals surface area contributed by atoms with Crippen LogP contribution in [0.3, 0.4) is 0 Å². The average Bonchev–Trinajstić information content (AvgIpc) is 3.10. The van der Waals surface area contributed by atoms with Gasteiger partial charge in [-0.2, -0.15) is 4.98 Å². The summed E-state index contributed by atoms with van der Waals surface area (Å²) in [6.45, 7) is 1.83. The Hall–Kier alpha value is -0.900. The first-order valence-corrected chi connectivity index (χ1v) is 5.92. The highest BCUT2D eigenvalue weighted by atomic mass is 16.5. The minimum Gasteiger partial charge on any atom is -0.338 e. The smallest absolute Gasteiger partial charge is 0.240 e. The lowest BCUT2D eigenvalue weighted by Gasteiger charge is -1.97. The highest BCUT2D eigenvalue weighted by Crippen LogP contribution is 2.31. The summed E-state index contributed by atoms with van der Waals surface area (Å²) in [4.78, 5) is 4.37. The fourth-order valence-corrected chi connectivity index (χ4v) is 1.73. The zero-order valence-corrected chi connectivity index (χ0v) is 8.91. The lowest BCUT2D eigenvalue weighted by Crippen LogP contribution is -2.16. The van der Waals surface area contributed by atoms with Gasteiger partial charge in [0, 0.05) is 6.42 Å². The van der Waals surface area contributed by atoms with E-state index in [9.17, 15) is 0 Å². The predicted octanol–water partition coefficient (Wildman–Crippen LogP) is 1.52. The van der Waals surface area contributed by atoms with Gasteiger partial charge in [-0.15, -0.1) is 0 Å². The third-order valence-corrected chi connectivity index (χ3v) is 3.08. The molecule has 4 heteroatoms. The molecule has 2 fully saturated rings. The number of nitrogens with zero attached hydrogens (tertiary/aromatic N) is 2. The van der Waals surface area contributed by atoms with Crippen LogP contribution in [0.15, 0.2) is 4.52 Å². The maximum atomic E-state index is 5.17. The Morgan fingerprint density at radius 2 is 2.00 bits per heavy atom. The highest BCUT2D eigenvalue weighted by Gasteiger charge is 2.24. The molecule has 2 aliphatic carbocycles. The zero-order chi connectivity index (χ0) is 10.1. The summed E-state index contributed by atoms with van der Waals surface area (Å²) in [6.07, 6.45) is 6.44. The van der Waals surface area contributed by atoms with Crippen molar-refractivity contribution in [2.75, 3.05) is 6.54 Å². The molecule has 1 aromatic heterocycles. The van der Waals surface area contributed by atoms with Gasteiger partial charge in [-0.1, -0.05) is 5.16 Å². The summed E-state index contributed by atoms with van der Waals surface area (Å²) in [7, 11) is 0. The second kappa shape index (κ2) is 3.93. The van der Waals surface area contributed by atoms with E-state index >= 15 is 0 Å². The van der Waals surface area contributed by atoms with Crippen LogP contribution in [0.2, 0.25) is 0 Å². The molecule has 0 unspecified atom stereocenters. The second-order valence-electron chi connectivity index (χ2n) is 4.83. The van der Waals surface area contributed by atoms with Crippen molar-refractivity contribution in [1.29, 1.82) is 0 Å². The number of hydrogen-bond donors (Lipinski definition) is 1. The monoisotopic (exact) mass is 207 g/mol. The molecule has 2 aliphatic rings. The van der Waals surface area contributed by atoms with Crippen molar-refractivity contribution in [2.24, 2.45) is 11.8 Å². The van der Waals surface area contributed by atoms with E-state index in [1.54, 1.807) is 0 Å². The third-order valence-electron chi connectivity index (χ3n) is 3.08. The molecule has 1 N–H and O–H groups in total. The van der Waals surface area contributed by atoms with Gasteiger partial charge in [-0.05, 0) is 44.1 Å². The lowest BCUT2D eigenvalue weighted by molar-refractivity contribution is 0.361. The molecule has 1 heterocycles. The average molecular weight is 207 g/mol. The van der Waals surface area contributed by atoms with Crippen molar-refractivity contribution >= 4 is 0 Å². The maximum absolute atomic E-state index is 5.17. The van der Waals surface area contributed by atoms with Crippen molar-refractivity contribution in [1.82, 2.24) is 15.5 Å². The Morgan fingerprint density at radius 1 is 1.20 bits per heavy atom. The first kappa shape index (κ1) is 9.33. The van der Waals surface area contributed by atoms with Crippen LogP contribution < -0.4 is 5.32 Å². The van der Waals surface area contributed by atoms with Gasteiger partial charge in [0.05, 0.1) is 6.54 Å². The summed E-state index contributed by atoms with van der Waals surface area (Å²) >= 11 is 0. The standard InChI is InChI=1S/C11H17N3O/c1-2-8(1)5-10-13-11(15-14-10)7-12-6-9-3-4-9/h8-9,12H,1-7H2. The molecule has 15 heavy (non-hydrogen) atoms. The van der Waals surface area contributed by atoms with Gasteiger partial charge >= 0.3 is 0 Å². The van der Waals surface area contributed by atoms with Crippen LogP contribution in [0.1, 0.15) is 37.4 Å². The normalized spacial score (nSPS) is 20.8. The maximum Gasteiger partial charge on any atom is 0.240 e. The molecule has 0 amide bonds. The van der Waals surface area contributed by atoms with Crippen molar-refractivity contribution in [3.8, 4) is 0 Å². The van der Waals surface area contributed by atoms with Crippen molar-refractivity contribution in [3.63, 3.8) is 0 Å². The van der Waals surface area contributed by atoms with Crippen LogP contribution in [0, 0.1) is 11.8 Å². The van der Waals surface area contributed by atoms with Crippen LogP contribution in [0.4, 0.5) is 0 Å². The Bertz CT molecular complexity index is 328. The zero-order valence-electron chi connectivity index (χ0n) is 8.91. The van der Waals surface area contributed by atoms with E-state index in [4.69, 9.17) is 4.52 Å². The third kappa shape index (κ3) is 2.78. The van der Waals surface area contributed by atoms with Gasteiger partial charge in [0.25, 0.3) is 0 Å². The molecule has 0 spiro atoms. The number of nitrogens with one attached hydrogen (secondary N) is 1. The van der Waals surface area contributed by atoms with E-state index in [2.05, 4.69) is 15.5 Å². The first-order chi connectivity index (χ1) is 7.40. The van der Waals surface area contributed by atoms with E-state index in [0.717, 1.165) is 43.1 Å². The van der Waals surface area contributed by atoms with E-state index in [1.165, 1.54) is 25.7 Å². The molecular weight excluding hydrogens is 190 g/mol. The molecule has 0 aromatic carbocycles. The topological polar surface area (TPSA) is 51.0 Å². The van der Waals surface area contributed by atoms with Crippen molar-refractivity contribution < 1.29 is 4.52 Å². The first-order valence-electron chi connectivity index (χ1n) is 5.92. The SMILES string of the molecule is C(NCC1CC1)c1nc(CC2CC2)no1. The van der Waals surface area contributed by atoms with Gasteiger partial charge in [0.1, 0.15) is 0 Å². The molecule has 82 valence electrons. The molecule has 0 atom stereocenters. The van der Waals surface area contributed by atoms with E-state index in [-0.39, 0.29) is 0 Å². The molecule has 4 nitrogen and oxygen atoms in total.